The Morgan fingerprint density at radius 3 is 2.42 bits per heavy atom. The zero-order valence-corrected chi connectivity index (χ0v) is 7.55. The monoisotopic (exact) mass is 167 g/mol. The second-order valence-corrected chi connectivity index (χ2v) is 2.65. The van der Waals surface area contributed by atoms with E-state index >= 15 is 0 Å². The standard InChI is InChI=1S/C10H14FN/c1-3-12(4-2)10-7-5-6-9(11)8-10/h5-8H,3-4H2,1-2H3. The van der Waals surface area contributed by atoms with Crippen molar-refractivity contribution in [3.05, 3.63) is 30.1 Å². The maximum atomic E-state index is 12.8. The van der Waals surface area contributed by atoms with Gasteiger partial charge in [0.05, 0.1) is 0 Å². The molecule has 12 heavy (non-hydrogen) atoms. The molecule has 0 atom stereocenters. The van der Waals surface area contributed by atoms with Crippen molar-refractivity contribution in [1.82, 2.24) is 0 Å². The minimum atomic E-state index is -0.167. The molecule has 0 saturated heterocycles. The first-order chi connectivity index (χ1) is 5.77. The van der Waals surface area contributed by atoms with Crippen molar-refractivity contribution in [3.8, 4) is 0 Å². The molecule has 2 heteroatoms. The first-order valence-electron chi connectivity index (χ1n) is 4.28. The Balaban J connectivity index is 2.85. The lowest BCUT2D eigenvalue weighted by Crippen LogP contribution is -2.21. The van der Waals surface area contributed by atoms with Crippen LogP contribution in [0.4, 0.5) is 10.1 Å². The summed E-state index contributed by atoms with van der Waals surface area (Å²) in [5, 5.41) is 0. The maximum absolute atomic E-state index is 12.8. The predicted octanol–water partition coefficient (Wildman–Crippen LogP) is 2.67. The number of nitrogens with zero attached hydrogens (tertiary/aromatic N) is 1. The van der Waals surface area contributed by atoms with E-state index in [0.29, 0.717) is 0 Å². The van der Waals surface area contributed by atoms with Crippen LogP contribution in [-0.4, -0.2) is 13.1 Å². The van der Waals surface area contributed by atoms with Crippen LogP contribution in [0.3, 0.4) is 0 Å². The number of halogens is 1. The molecule has 1 nitrogen and oxygen atoms in total. The van der Waals surface area contributed by atoms with Crippen molar-refractivity contribution in [2.45, 2.75) is 13.8 Å². The van der Waals surface area contributed by atoms with Crippen molar-refractivity contribution in [2.75, 3.05) is 18.0 Å². The molecule has 0 N–H and O–H groups in total. The largest absolute Gasteiger partial charge is 0.372 e. The number of rotatable bonds is 3. The van der Waals surface area contributed by atoms with Crippen LogP contribution in [0.5, 0.6) is 0 Å². The van der Waals surface area contributed by atoms with Crippen molar-refractivity contribution < 1.29 is 4.39 Å². The molecule has 0 aliphatic heterocycles. The number of hydrogen-bond donors (Lipinski definition) is 0. The summed E-state index contributed by atoms with van der Waals surface area (Å²) in [6, 6.07) is 6.69. The lowest BCUT2D eigenvalue weighted by Gasteiger charge is -2.20. The Morgan fingerprint density at radius 2 is 1.92 bits per heavy atom. The molecule has 1 aromatic carbocycles. The highest BCUT2D eigenvalue weighted by molar-refractivity contribution is 5.45. The summed E-state index contributed by atoms with van der Waals surface area (Å²) >= 11 is 0. The average Bonchev–Trinajstić information content (AvgIpc) is 2.07. The van der Waals surface area contributed by atoms with Gasteiger partial charge in [-0.2, -0.15) is 0 Å². The molecule has 0 heterocycles. The van der Waals surface area contributed by atoms with Gasteiger partial charge in [0, 0.05) is 18.8 Å². The minimum absolute atomic E-state index is 0.167. The highest BCUT2D eigenvalue weighted by Gasteiger charge is 2.00. The Labute approximate surface area is 72.8 Å². The lowest BCUT2D eigenvalue weighted by molar-refractivity contribution is 0.627. The van der Waals surface area contributed by atoms with Crippen LogP contribution in [0.15, 0.2) is 24.3 Å². The molecule has 0 fully saturated rings. The highest BCUT2D eigenvalue weighted by Crippen LogP contribution is 2.14. The zero-order chi connectivity index (χ0) is 8.97. The number of benzene rings is 1. The Hall–Kier alpha value is -1.05. The molecule has 66 valence electrons. The van der Waals surface area contributed by atoms with Crippen LogP contribution in [-0.2, 0) is 0 Å². The zero-order valence-electron chi connectivity index (χ0n) is 7.55. The molecule has 0 bridgehead atoms. The number of anilines is 1. The average molecular weight is 167 g/mol. The molecule has 0 amide bonds. The minimum Gasteiger partial charge on any atom is -0.372 e. The van der Waals surface area contributed by atoms with Gasteiger partial charge >= 0.3 is 0 Å². The second-order valence-electron chi connectivity index (χ2n) is 2.65. The van der Waals surface area contributed by atoms with Gasteiger partial charge in [-0.1, -0.05) is 6.07 Å². The van der Waals surface area contributed by atoms with Gasteiger partial charge in [0.25, 0.3) is 0 Å². The fourth-order valence-corrected chi connectivity index (χ4v) is 1.26. The van der Waals surface area contributed by atoms with Gasteiger partial charge in [-0.05, 0) is 32.0 Å². The van der Waals surface area contributed by atoms with E-state index < -0.39 is 0 Å². The Kier molecular flexibility index (Phi) is 3.09. The topological polar surface area (TPSA) is 3.24 Å². The summed E-state index contributed by atoms with van der Waals surface area (Å²) in [4.78, 5) is 2.11. The van der Waals surface area contributed by atoms with E-state index in [9.17, 15) is 4.39 Å². The van der Waals surface area contributed by atoms with Crippen molar-refractivity contribution >= 4 is 5.69 Å². The molecular weight excluding hydrogens is 153 g/mol. The van der Waals surface area contributed by atoms with Crippen molar-refractivity contribution in [3.63, 3.8) is 0 Å². The number of hydrogen-bond acceptors (Lipinski definition) is 1. The van der Waals surface area contributed by atoms with Crippen LogP contribution in [0.25, 0.3) is 0 Å². The first-order valence-corrected chi connectivity index (χ1v) is 4.28. The predicted molar refractivity (Wildman–Crippen MR) is 50.0 cm³/mol. The first kappa shape index (κ1) is 9.04. The van der Waals surface area contributed by atoms with E-state index in [1.807, 2.05) is 6.07 Å². The van der Waals surface area contributed by atoms with Crippen LogP contribution in [0.1, 0.15) is 13.8 Å². The van der Waals surface area contributed by atoms with Gasteiger partial charge in [-0.25, -0.2) is 4.39 Å². The molecule has 0 aliphatic rings. The van der Waals surface area contributed by atoms with Gasteiger partial charge in [0.2, 0.25) is 0 Å². The molecule has 0 spiro atoms. The highest BCUT2D eigenvalue weighted by atomic mass is 19.1. The molecule has 0 radical (unpaired) electrons. The van der Waals surface area contributed by atoms with E-state index in [1.54, 1.807) is 12.1 Å². The van der Waals surface area contributed by atoms with Gasteiger partial charge < -0.3 is 4.90 Å². The molecule has 1 rings (SSSR count). The molecule has 0 aromatic heterocycles. The SMILES string of the molecule is CCN(CC)c1cccc(F)c1. The maximum Gasteiger partial charge on any atom is 0.125 e. The fraction of sp³-hybridized carbons (Fsp3) is 0.400. The molecule has 1 aromatic rings. The molecular formula is C10H14FN. The summed E-state index contributed by atoms with van der Waals surface area (Å²) in [6.07, 6.45) is 0. The van der Waals surface area contributed by atoms with Crippen LogP contribution in [0.2, 0.25) is 0 Å². The normalized spacial score (nSPS) is 9.92. The summed E-state index contributed by atoms with van der Waals surface area (Å²) in [5.41, 5.74) is 0.958. The van der Waals surface area contributed by atoms with E-state index in [0.717, 1.165) is 18.8 Å². The Bertz CT molecular complexity index is 243. The van der Waals surface area contributed by atoms with E-state index in [-0.39, 0.29) is 5.82 Å². The van der Waals surface area contributed by atoms with Crippen molar-refractivity contribution in [1.29, 1.82) is 0 Å². The summed E-state index contributed by atoms with van der Waals surface area (Å²) < 4.78 is 12.8. The summed E-state index contributed by atoms with van der Waals surface area (Å²) in [6.45, 7) is 5.96. The smallest absolute Gasteiger partial charge is 0.125 e. The van der Waals surface area contributed by atoms with Crippen molar-refractivity contribution in [2.24, 2.45) is 0 Å². The van der Waals surface area contributed by atoms with Gasteiger partial charge in [0.1, 0.15) is 5.82 Å². The molecule has 0 aliphatic carbocycles. The van der Waals surface area contributed by atoms with E-state index in [4.69, 9.17) is 0 Å². The third kappa shape index (κ3) is 1.97. The summed E-state index contributed by atoms with van der Waals surface area (Å²) in [7, 11) is 0. The van der Waals surface area contributed by atoms with Crippen LogP contribution < -0.4 is 4.90 Å². The second kappa shape index (κ2) is 4.10. The van der Waals surface area contributed by atoms with Crippen LogP contribution >= 0.6 is 0 Å². The van der Waals surface area contributed by atoms with Gasteiger partial charge in [0.15, 0.2) is 0 Å². The third-order valence-corrected chi connectivity index (χ3v) is 1.94. The van der Waals surface area contributed by atoms with E-state index in [1.165, 1.54) is 6.07 Å². The quantitative estimate of drug-likeness (QED) is 0.669. The molecule has 0 saturated carbocycles. The summed E-state index contributed by atoms with van der Waals surface area (Å²) in [5.74, 6) is -0.167. The fourth-order valence-electron chi connectivity index (χ4n) is 1.26. The van der Waals surface area contributed by atoms with Gasteiger partial charge in [-0.3, -0.25) is 0 Å². The Morgan fingerprint density at radius 1 is 1.25 bits per heavy atom. The van der Waals surface area contributed by atoms with Gasteiger partial charge in [-0.15, -0.1) is 0 Å². The third-order valence-electron chi connectivity index (χ3n) is 1.94. The van der Waals surface area contributed by atoms with E-state index in [2.05, 4.69) is 18.7 Å². The van der Waals surface area contributed by atoms with Crippen LogP contribution in [0, 0.1) is 5.82 Å². The molecule has 0 unspecified atom stereocenters. The lowest BCUT2D eigenvalue weighted by atomic mass is 10.3.